The van der Waals surface area contributed by atoms with Gasteiger partial charge in [0.05, 0.1) is 18.9 Å². The predicted molar refractivity (Wildman–Crippen MR) is 109 cm³/mol. The Kier molecular flexibility index (Phi) is 7.71. The van der Waals surface area contributed by atoms with Gasteiger partial charge in [0.15, 0.2) is 11.0 Å². The molecule has 9 heteroatoms. The summed E-state index contributed by atoms with van der Waals surface area (Å²) in [5, 5.41) is 12.0. The molecule has 0 aliphatic heterocycles. The van der Waals surface area contributed by atoms with Crippen molar-refractivity contribution in [2.45, 2.75) is 18.1 Å². The number of aromatic nitrogens is 4. The molecule has 3 aromatic rings. The normalized spacial score (nSPS) is 10.8. The molecule has 152 valence electrons. The molecule has 2 heterocycles. The van der Waals surface area contributed by atoms with E-state index in [9.17, 15) is 9.18 Å². The first-order valence-electron chi connectivity index (χ1n) is 9.14. The fraction of sp³-hybridized carbons (Fsp3) is 0.300. The Bertz CT molecular complexity index is 918. The van der Waals surface area contributed by atoms with Crippen LogP contribution in [0, 0.1) is 5.82 Å². The number of benzene rings is 1. The van der Waals surface area contributed by atoms with Crippen molar-refractivity contribution in [3.8, 4) is 11.4 Å². The lowest BCUT2D eigenvalue weighted by molar-refractivity contribution is -0.118. The molecule has 2 aromatic heterocycles. The standard InChI is InChI=1S/C20H22FN5O2S/c1-28-13-12-26-19(16-7-9-22-10-8-16)24-25-20(26)29-14-18(27)23-11-6-15-2-4-17(21)5-3-15/h2-5,7-10H,6,11-14H2,1H3,(H,23,27). The maximum Gasteiger partial charge on any atom is 0.230 e. The summed E-state index contributed by atoms with van der Waals surface area (Å²) in [5.41, 5.74) is 1.87. The molecule has 0 unspecified atom stereocenters. The monoisotopic (exact) mass is 415 g/mol. The van der Waals surface area contributed by atoms with Crippen molar-refractivity contribution >= 4 is 17.7 Å². The van der Waals surface area contributed by atoms with E-state index >= 15 is 0 Å². The second kappa shape index (κ2) is 10.7. The molecule has 1 amide bonds. The van der Waals surface area contributed by atoms with Gasteiger partial charge in [-0.25, -0.2) is 4.39 Å². The number of thioether (sulfide) groups is 1. The molecule has 3 rings (SSSR count). The number of nitrogens with one attached hydrogen (secondary N) is 1. The van der Waals surface area contributed by atoms with Crippen LogP contribution in [0.1, 0.15) is 5.56 Å². The summed E-state index contributed by atoms with van der Waals surface area (Å²) in [7, 11) is 1.64. The van der Waals surface area contributed by atoms with Crippen LogP contribution in [0.25, 0.3) is 11.4 Å². The van der Waals surface area contributed by atoms with Crippen molar-refractivity contribution in [3.05, 3.63) is 60.2 Å². The van der Waals surface area contributed by atoms with Gasteiger partial charge >= 0.3 is 0 Å². The van der Waals surface area contributed by atoms with Crippen LogP contribution < -0.4 is 5.32 Å². The summed E-state index contributed by atoms with van der Waals surface area (Å²) in [6, 6.07) is 10.00. The number of methoxy groups -OCH3 is 1. The summed E-state index contributed by atoms with van der Waals surface area (Å²) in [4.78, 5) is 16.2. The molecule has 0 aliphatic rings. The first kappa shape index (κ1) is 20.9. The largest absolute Gasteiger partial charge is 0.383 e. The van der Waals surface area contributed by atoms with Gasteiger partial charge in [0.25, 0.3) is 0 Å². The molecule has 0 fully saturated rings. The highest BCUT2D eigenvalue weighted by atomic mass is 32.2. The number of carbonyl (C=O) groups is 1. The first-order valence-corrected chi connectivity index (χ1v) is 10.1. The fourth-order valence-electron chi connectivity index (χ4n) is 2.67. The number of carbonyl (C=O) groups excluding carboxylic acids is 1. The average Bonchev–Trinajstić information content (AvgIpc) is 3.15. The molecule has 29 heavy (non-hydrogen) atoms. The van der Waals surface area contributed by atoms with E-state index in [1.807, 2.05) is 16.7 Å². The highest BCUT2D eigenvalue weighted by molar-refractivity contribution is 7.99. The van der Waals surface area contributed by atoms with Crippen molar-refractivity contribution in [3.63, 3.8) is 0 Å². The molecule has 1 N–H and O–H groups in total. The van der Waals surface area contributed by atoms with Gasteiger partial charge in [-0.2, -0.15) is 0 Å². The Morgan fingerprint density at radius 3 is 2.66 bits per heavy atom. The van der Waals surface area contributed by atoms with Crippen LogP contribution in [0.2, 0.25) is 0 Å². The van der Waals surface area contributed by atoms with Gasteiger partial charge < -0.3 is 10.1 Å². The van der Waals surface area contributed by atoms with Crippen LogP contribution in [0.3, 0.4) is 0 Å². The third-order valence-corrected chi connectivity index (χ3v) is 5.12. The maximum absolute atomic E-state index is 12.9. The van der Waals surface area contributed by atoms with E-state index < -0.39 is 0 Å². The van der Waals surface area contributed by atoms with Crippen molar-refractivity contribution in [2.24, 2.45) is 0 Å². The molecule has 0 aliphatic carbocycles. The zero-order chi connectivity index (χ0) is 20.5. The number of hydrogen-bond donors (Lipinski definition) is 1. The molecule has 7 nitrogen and oxygen atoms in total. The number of rotatable bonds is 10. The lowest BCUT2D eigenvalue weighted by atomic mass is 10.1. The predicted octanol–water partition coefficient (Wildman–Crippen LogP) is 2.58. The van der Waals surface area contributed by atoms with E-state index in [2.05, 4.69) is 20.5 Å². The fourth-order valence-corrected chi connectivity index (χ4v) is 3.47. The maximum atomic E-state index is 12.9. The summed E-state index contributed by atoms with van der Waals surface area (Å²) in [6.45, 7) is 1.58. The Labute approximate surface area is 172 Å². The molecule has 0 spiro atoms. The minimum absolute atomic E-state index is 0.0936. The number of halogens is 1. The van der Waals surface area contributed by atoms with E-state index in [-0.39, 0.29) is 17.5 Å². The van der Waals surface area contributed by atoms with Crippen molar-refractivity contribution in [1.82, 2.24) is 25.1 Å². The second-order valence-corrected chi connectivity index (χ2v) is 7.14. The molecule has 0 saturated heterocycles. The van der Waals surface area contributed by atoms with Gasteiger partial charge in [-0.05, 0) is 36.2 Å². The summed E-state index contributed by atoms with van der Waals surface area (Å²) >= 11 is 1.33. The Hall–Kier alpha value is -2.78. The van der Waals surface area contributed by atoms with Gasteiger partial charge in [0.2, 0.25) is 5.91 Å². The first-order chi connectivity index (χ1) is 14.2. The Morgan fingerprint density at radius 1 is 1.17 bits per heavy atom. The van der Waals surface area contributed by atoms with Gasteiger partial charge in [-0.1, -0.05) is 23.9 Å². The van der Waals surface area contributed by atoms with Gasteiger partial charge in [-0.3, -0.25) is 14.3 Å². The zero-order valence-corrected chi connectivity index (χ0v) is 16.9. The lowest BCUT2D eigenvalue weighted by Gasteiger charge is -2.10. The number of hydrogen-bond acceptors (Lipinski definition) is 6. The van der Waals surface area contributed by atoms with Crippen molar-refractivity contribution in [2.75, 3.05) is 26.0 Å². The van der Waals surface area contributed by atoms with Crippen LogP contribution in [0.5, 0.6) is 0 Å². The molecule has 0 bridgehead atoms. The topological polar surface area (TPSA) is 81.9 Å². The highest BCUT2D eigenvalue weighted by Crippen LogP contribution is 2.23. The number of nitrogens with zero attached hydrogens (tertiary/aromatic N) is 4. The van der Waals surface area contributed by atoms with E-state index in [4.69, 9.17) is 4.74 Å². The molecule has 0 radical (unpaired) electrons. The van der Waals surface area contributed by atoms with Gasteiger partial charge in [0.1, 0.15) is 5.82 Å². The Morgan fingerprint density at radius 2 is 1.93 bits per heavy atom. The van der Waals surface area contributed by atoms with Crippen molar-refractivity contribution < 1.29 is 13.9 Å². The van der Waals surface area contributed by atoms with E-state index in [0.29, 0.717) is 37.1 Å². The Balaban J connectivity index is 1.55. The van der Waals surface area contributed by atoms with E-state index in [0.717, 1.165) is 11.1 Å². The molecule has 0 atom stereocenters. The van der Waals surface area contributed by atoms with Crippen LogP contribution in [0.15, 0.2) is 53.9 Å². The summed E-state index contributed by atoms with van der Waals surface area (Å²) in [5.74, 6) is 0.579. The van der Waals surface area contributed by atoms with Crippen LogP contribution in [-0.2, 0) is 22.5 Å². The van der Waals surface area contributed by atoms with E-state index in [1.54, 1.807) is 31.6 Å². The lowest BCUT2D eigenvalue weighted by Crippen LogP contribution is -2.27. The van der Waals surface area contributed by atoms with Crippen LogP contribution in [0.4, 0.5) is 4.39 Å². The average molecular weight is 415 g/mol. The SMILES string of the molecule is COCCn1c(SCC(=O)NCCc2ccc(F)cc2)nnc1-c1ccncc1. The number of pyridine rings is 1. The second-order valence-electron chi connectivity index (χ2n) is 6.20. The van der Waals surface area contributed by atoms with Gasteiger partial charge in [0, 0.05) is 31.6 Å². The smallest absolute Gasteiger partial charge is 0.230 e. The van der Waals surface area contributed by atoms with Crippen LogP contribution in [-0.4, -0.2) is 51.7 Å². The highest BCUT2D eigenvalue weighted by Gasteiger charge is 2.15. The van der Waals surface area contributed by atoms with Crippen molar-refractivity contribution in [1.29, 1.82) is 0 Å². The number of ether oxygens (including phenoxy) is 1. The molecule has 0 saturated carbocycles. The molecular formula is C20H22FN5O2S. The zero-order valence-electron chi connectivity index (χ0n) is 16.0. The summed E-state index contributed by atoms with van der Waals surface area (Å²) in [6.07, 6.45) is 4.05. The third-order valence-electron chi connectivity index (χ3n) is 4.16. The van der Waals surface area contributed by atoms with Gasteiger partial charge in [-0.15, -0.1) is 10.2 Å². The number of amides is 1. The van der Waals surface area contributed by atoms with Crippen LogP contribution >= 0.6 is 11.8 Å². The molecular weight excluding hydrogens is 393 g/mol. The minimum atomic E-state index is -0.266. The molecule has 1 aromatic carbocycles. The van der Waals surface area contributed by atoms with E-state index in [1.165, 1.54) is 23.9 Å². The minimum Gasteiger partial charge on any atom is -0.383 e. The summed E-state index contributed by atoms with van der Waals surface area (Å²) < 4.78 is 20.1. The third kappa shape index (κ3) is 6.10. The quantitative estimate of drug-likeness (QED) is 0.513.